The van der Waals surface area contributed by atoms with Crippen molar-refractivity contribution in [3.63, 3.8) is 0 Å². The second kappa shape index (κ2) is 21.2. The van der Waals surface area contributed by atoms with Gasteiger partial charge in [-0.2, -0.15) is 0 Å². The molecule has 250 valence electrons. The number of Topliss-reactive ketones (excluding diaryl/α,β-unsaturated/α-hetero) is 1. The van der Waals surface area contributed by atoms with E-state index in [1.165, 1.54) is 26.0 Å². The quantitative estimate of drug-likeness (QED) is 0.0337. The van der Waals surface area contributed by atoms with Crippen molar-refractivity contribution in [2.45, 2.75) is 70.1 Å². The van der Waals surface area contributed by atoms with Gasteiger partial charge in [-0.25, -0.2) is 0 Å². The average Bonchev–Trinajstić information content (AvgIpc) is 3.02. The smallest absolute Gasteiger partial charge is 0.306 e. The maximum absolute atomic E-state index is 13.3. The monoisotopic (exact) mass is 633 g/mol. The number of likely N-dealkylation sites (N-methyl/N-ethyl adjacent to an activating group) is 1. The van der Waals surface area contributed by atoms with E-state index in [-0.39, 0.29) is 31.8 Å². The van der Waals surface area contributed by atoms with Crippen LogP contribution in [0.3, 0.4) is 0 Å². The maximum Gasteiger partial charge on any atom is 0.306 e. The van der Waals surface area contributed by atoms with Gasteiger partial charge in [-0.1, -0.05) is 30.3 Å². The number of rotatable bonds is 21. The Balaban J connectivity index is 3.02. The van der Waals surface area contributed by atoms with Crippen molar-refractivity contribution in [2.24, 2.45) is 22.4 Å². The summed E-state index contributed by atoms with van der Waals surface area (Å²) in [4.78, 5) is 81.4. The van der Waals surface area contributed by atoms with Crippen LogP contribution in [0.1, 0.15) is 56.9 Å². The van der Waals surface area contributed by atoms with Crippen LogP contribution in [0.2, 0.25) is 0 Å². The van der Waals surface area contributed by atoms with Gasteiger partial charge in [0.2, 0.25) is 17.6 Å². The highest BCUT2D eigenvalue weighted by Crippen LogP contribution is 2.16. The number of carbonyl (C=O) groups excluding carboxylic acids is 5. The molecule has 1 aromatic rings. The molecule has 0 unspecified atom stereocenters. The number of ether oxygens (including phenoxy) is 1. The molecular formula is C30H47N7O8. The molecule has 3 amide bonds. The molecule has 0 saturated carbocycles. The highest BCUT2D eigenvalue weighted by molar-refractivity contribution is 6.38. The number of nitrogens with one attached hydrogen (secondary N) is 3. The zero-order valence-corrected chi connectivity index (χ0v) is 26.3. The van der Waals surface area contributed by atoms with Crippen molar-refractivity contribution < 1.29 is 38.6 Å². The van der Waals surface area contributed by atoms with E-state index in [9.17, 15) is 33.9 Å². The van der Waals surface area contributed by atoms with Gasteiger partial charge in [0, 0.05) is 40.0 Å². The predicted molar refractivity (Wildman–Crippen MR) is 166 cm³/mol. The second-order valence-corrected chi connectivity index (χ2v) is 10.6. The van der Waals surface area contributed by atoms with E-state index in [1.54, 1.807) is 24.3 Å². The van der Waals surface area contributed by atoms with Gasteiger partial charge in [-0.15, -0.1) is 0 Å². The largest absolute Gasteiger partial charge is 0.481 e. The molecule has 1 aromatic carbocycles. The van der Waals surface area contributed by atoms with Crippen LogP contribution in [0, 0.1) is 5.92 Å². The summed E-state index contributed by atoms with van der Waals surface area (Å²) in [6, 6.07) is 6.56. The molecule has 0 fully saturated rings. The number of hydrogen-bond acceptors (Lipinski definition) is 9. The van der Waals surface area contributed by atoms with Gasteiger partial charge in [0.25, 0.3) is 5.91 Å². The van der Waals surface area contributed by atoms with E-state index in [0.717, 1.165) is 5.56 Å². The number of esters is 1. The Hall–Kier alpha value is -4.53. The molecule has 0 aliphatic rings. The van der Waals surface area contributed by atoms with Gasteiger partial charge in [-0.05, 0) is 50.6 Å². The number of aliphatic carboxylic acids is 1. The van der Waals surface area contributed by atoms with E-state index in [0.29, 0.717) is 32.4 Å². The standard InChI is InChI=1S/C30H47N7O8/c1-33-30(32)34-17-9-13-23(29(44)37(2)3)36-28(43)26(41)22(12-7-8-16-31)35-27(42)21(14-15-24(38)39)18-25(40)45-19-20-10-5-4-6-11-20/h4-6,10-11,21-23H,7-9,12-19,31H2,1-3H3,(H,35,42)(H,36,43)(H,38,39)(H3,32,33,34)/t21-,22+,23+/m1/s1. The molecular weight excluding hydrogens is 586 g/mol. The van der Waals surface area contributed by atoms with E-state index >= 15 is 0 Å². The molecule has 0 aliphatic heterocycles. The lowest BCUT2D eigenvalue weighted by molar-refractivity contribution is -0.149. The zero-order valence-electron chi connectivity index (χ0n) is 26.3. The first-order chi connectivity index (χ1) is 21.4. The Bertz CT molecular complexity index is 1160. The van der Waals surface area contributed by atoms with Crippen molar-refractivity contribution in [2.75, 3.05) is 34.2 Å². The fourth-order valence-electron chi connectivity index (χ4n) is 4.23. The summed E-state index contributed by atoms with van der Waals surface area (Å²) in [7, 11) is 4.55. The van der Waals surface area contributed by atoms with Crippen molar-refractivity contribution in [1.29, 1.82) is 0 Å². The number of carboxylic acids is 1. The first kappa shape index (κ1) is 38.5. The summed E-state index contributed by atoms with van der Waals surface area (Å²) in [5, 5.41) is 17.1. The Morgan fingerprint density at radius 2 is 1.62 bits per heavy atom. The van der Waals surface area contributed by atoms with Crippen LogP contribution in [0.15, 0.2) is 35.3 Å². The fourth-order valence-corrected chi connectivity index (χ4v) is 4.23. The van der Waals surface area contributed by atoms with Crippen LogP contribution < -0.4 is 27.4 Å². The Kier molecular flexibility index (Phi) is 18.2. The van der Waals surface area contributed by atoms with Crippen molar-refractivity contribution >= 4 is 41.4 Å². The van der Waals surface area contributed by atoms with E-state index in [4.69, 9.17) is 16.2 Å². The highest BCUT2D eigenvalue weighted by atomic mass is 16.5. The molecule has 3 atom stereocenters. The number of amides is 3. The average molecular weight is 634 g/mol. The van der Waals surface area contributed by atoms with Crippen LogP contribution in [0.25, 0.3) is 0 Å². The molecule has 15 nitrogen and oxygen atoms in total. The molecule has 0 saturated heterocycles. The van der Waals surface area contributed by atoms with Gasteiger partial charge < -0.3 is 42.2 Å². The lowest BCUT2D eigenvalue weighted by Crippen LogP contribution is -2.53. The number of nitrogens with two attached hydrogens (primary N) is 2. The van der Waals surface area contributed by atoms with Crippen LogP contribution in [0.4, 0.5) is 0 Å². The number of carbonyl (C=O) groups is 6. The third-order valence-electron chi connectivity index (χ3n) is 6.80. The lowest BCUT2D eigenvalue weighted by atomic mass is 9.96. The number of aliphatic imine (C=N–C) groups is 1. The van der Waals surface area contributed by atoms with Crippen LogP contribution in [0.5, 0.6) is 0 Å². The van der Waals surface area contributed by atoms with Gasteiger partial charge >= 0.3 is 11.9 Å². The topological polar surface area (TPSA) is 236 Å². The summed E-state index contributed by atoms with van der Waals surface area (Å²) in [5.74, 6) is -6.06. The Morgan fingerprint density at radius 3 is 2.22 bits per heavy atom. The third-order valence-corrected chi connectivity index (χ3v) is 6.80. The molecule has 8 N–H and O–H groups in total. The van der Waals surface area contributed by atoms with Crippen LogP contribution >= 0.6 is 0 Å². The normalized spacial score (nSPS) is 13.1. The third kappa shape index (κ3) is 15.7. The number of carboxylic acid groups (broad SMARTS) is 1. The molecule has 0 spiro atoms. The zero-order chi connectivity index (χ0) is 33.8. The number of ketones is 1. The van der Waals surface area contributed by atoms with E-state index < -0.39 is 66.3 Å². The van der Waals surface area contributed by atoms with Crippen LogP contribution in [-0.4, -0.2) is 97.7 Å². The number of hydrogen-bond donors (Lipinski definition) is 6. The summed E-state index contributed by atoms with van der Waals surface area (Å²) >= 11 is 0. The number of nitrogens with zero attached hydrogens (tertiary/aromatic N) is 2. The minimum Gasteiger partial charge on any atom is -0.481 e. The molecule has 15 heteroatoms. The van der Waals surface area contributed by atoms with Gasteiger partial charge in [0.05, 0.1) is 12.5 Å². The summed E-state index contributed by atoms with van der Waals surface area (Å²) in [6.07, 6.45) is 0.533. The molecule has 0 radical (unpaired) electrons. The van der Waals surface area contributed by atoms with Crippen molar-refractivity contribution in [1.82, 2.24) is 20.9 Å². The van der Waals surface area contributed by atoms with Crippen molar-refractivity contribution in [3.05, 3.63) is 35.9 Å². The minimum absolute atomic E-state index is 0.0320. The van der Waals surface area contributed by atoms with E-state index in [2.05, 4.69) is 20.9 Å². The Labute approximate surface area is 263 Å². The second-order valence-electron chi connectivity index (χ2n) is 10.6. The van der Waals surface area contributed by atoms with Gasteiger partial charge in [0.15, 0.2) is 5.96 Å². The molecule has 0 aromatic heterocycles. The Morgan fingerprint density at radius 1 is 0.956 bits per heavy atom. The lowest BCUT2D eigenvalue weighted by Gasteiger charge is -2.24. The minimum atomic E-state index is -1.30. The molecule has 0 aliphatic carbocycles. The first-order valence-corrected chi connectivity index (χ1v) is 14.8. The number of unbranched alkanes of at least 4 members (excludes halogenated alkanes) is 1. The van der Waals surface area contributed by atoms with Crippen LogP contribution in [-0.2, 0) is 40.1 Å². The molecule has 1 rings (SSSR count). The first-order valence-electron chi connectivity index (χ1n) is 14.8. The summed E-state index contributed by atoms with van der Waals surface area (Å²) in [5.41, 5.74) is 11.9. The summed E-state index contributed by atoms with van der Waals surface area (Å²) < 4.78 is 5.27. The number of guanidine groups is 1. The van der Waals surface area contributed by atoms with Gasteiger partial charge in [0.1, 0.15) is 12.6 Å². The predicted octanol–water partition coefficient (Wildman–Crippen LogP) is -0.329. The molecule has 0 heterocycles. The molecule has 45 heavy (non-hydrogen) atoms. The molecule has 0 bridgehead atoms. The van der Waals surface area contributed by atoms with Gasteiger partial charge in [-0.3, -0.25) is 33.8 Å². The summed E-state index contributed by atoms with van der Waals surface area (Å²) in [6.45, 7) is 0.652. The van der Waals surface area contributed by atoms with E-state index in [1.807, 2.05) is 6.07 Å². The maximum atomic E-state index is 13.3. The van der Waals surface area contributed by atoms with Crippen molar-refractivity contribution in [3.8, 4) is 0 Å². The fraction of sp³-hybridized carbons (Fsp3) is 0.567. The number of benzene rings is 1. The highest BCUT2D eigenvalue weighted by Gasteiger charge is 2.33. The SMILES string of the molecule is CN=C(N)NCCC[C@H](NC(=O)C(=O)[C@H](CCCCN)NC(=O)[C@H](CCC(=O)O)CC(=O)OCc1ccccc1)C(=O)N(C)C.